The molecule has 2 N–H and O–H groups in total. The molecule has 0 radical (unpaired) electrons. The quantitative estimate of drug-likeness (QED) is 0.844. The molecular weight excluding hydrogens is 358 g/mol. The minimum Gasteiger partial charge on any atom is -0.362 e. The summed E-state index contributed by atoms with van der Waals surface area (Å²) in [6.45, 7) is 3.79. The van der Waals surface area contributed by atoms with Gasteiger partial charge in [0.25, 0.3) is 5.91 Å². The zero-order valence-electron chi connectivity index (χ0n) is 15.3. The number of dihydropyridines is 1. The third kappa shape index (κ3) is 3.32. The fourth-order valence-corrected chi connectivity index (χ4v) is 4.66. The fraction of sp³-hybridized carbons (Fsp3) is 0.286. The molecule has 1 atom stereocenters. The lowest BCUT2D eigenvalue weighted by Gasteiger charge is -2.33. The molecule has 2 aliphatic rings. The number of allylic oxidation sites excluding steroid dienone is 3. The Morgan fingerprint density at radius 2 is 2.07 bits per heavy atom. The van der Waals surface area contributed by atoms with Crippen molar-refractivity contribution in [3.8, 4) is 0 Å². The smallest absolute Gasteiger partial charge is 0.255 e. The van der Waals surface area contributed by atoms with Crippen LogP contribution in [-0.2, 0) is 9.59 Å². The largest absolute Gasteiger partial charge is 0.362 e. The molecule has 6 heteroatoms. The molecular formula is C21H21N3O2S. The Kier molecular flexibility index (Phi) is 4.66. The van der Waals surface area contributed by atoms with Gasteiger partial charge in [0, 0.05) is 39.5 Å². The molecule has 2 aromatic rings. The first kappa shape index (κ1) is 17.7. The molecule has 27 heavy (non-hydrogen) atoms. The lowest BCUT2D eigenvalue weighted by molar-refractivity contribution is -0.116. The van der Waals surface area contributed by atoms with Gasteiger partial charge in [-0.3, -0.25) is 9.59 Å². The van der Waals surface area contributed by atoms with Crippen molar-refractivity contribution in [1.29, 1.82) is 0 Å². The van der Waals surface area contributed by atoms with Crippen LogP contribution in [0.5, 0.6) is 0 Å². The Hall–Kier alpha value is -2.73. The molecule has 5 nitrogen and oxygen atoms in total. The van der Waals surface area contributed by atoms with E-state index in [1.165, 1.54) is 0 Å². The molecule has 1 amide bonds. The van der Waals surface area contributed by atoms with Gasteiger partial charge in [-0.2, -0.15) is 0 Å². The van der Waals surface area contributed by atoms with Crippen molar-refractivity contribution in [1.82, 2.24) is 10.3 Å². The standard InChI is InChI=1S/C21H21N3O2S/c1-12-6-3-10-17(22-12)24-21(26)18-13(2)23-14-7-4-8-15(25)19(14)20(18)16-9-5-11-27-16/h3,5-6,9-11,20,23H,4,7-8H2,1-2H3,(H,22,24,26). The molecule has 2 aromatic heterocycles. The van der Waals surface area contributed by atoms with E-state index in [4.69, 9.17) is 0 Å². The van der Waals surface area contributed by atoms with Crippen LogP contribution in [0.15, 0.2) is 58.3 Å². The lowest BCUT2D eigenvalue weighted by Crippen LogP contribution is -2.35. The first-order chi connectivity index (χ1) is 13.0. The van der Waals surface area contributed by atoms with Crippen molar-refractivity contribution < 1.29 is 9.59 Å². The number of hydrogen-bond donors (Lipinski definition) is 2. The van der Waals surface area contributed by atoms with E-state index in [0.29, 0.717) is 17.8 Å². The minimum atomic E-state index is -0.321. The van der Waals surface area contributed by atoms with Crippen LogP contribution in [0.25, 0.3) is 0 Å². The Balaban J connectivity index is 1.75. The van der Waals surface area contributed by atoms with E-state index in [9.17, 15) is 9.59 Å². The third-order valence-corrected chi connectivity index (χ3v) is 5.92. The second-order valence-corrected chi connectivity index (χ2v) is 7.88. The number of hydrogen-bond acceptors (Lipinski definition) is 5. The highest BCUT2D eigenvalue weighted by Crippen LogP contribution is 2.43. The Bertz CT molecular complexity index is 973. The molecule has 1 aliphatic heterocycles. The van der Waals surface area contributed by atoms with Crippen LogP contribution >= 0.6 is 11.3 Å². The van der Waals surface area contributed by atoms with Crippen molar-refractivity contribution in [2.75, 3.05) is 5.32 Å². The highest BCUT2D eigenvalue weighted by molar-refractivity contribution is 7.10. The summed E-state index contributed by atoms with van der Waals surface area (Å²) in [6, 6.07) is 9.48. The second-order valence-electron chi connectivity index (χ2n) is 6.90. The molecule has 1 unspecified atom stereocenters. The minimum absolute atomic E-state index is 0.133. The summed E-state index contributed by atoms with van der Waals surface area (Å²) in [5, 5.41) is 8.22. The number of carbonyl (C=O) groups is 2. The second kappa shape index (κ2) is 7.12. The number of rotatable bonds is 3. The van der Waals surface area contributed by atoms with E-state index in [1.54, 1.807) is 17.4 Å². The predicted octanol–water partition coefficient (Wildman–Crippen LogP) is 4.06. The first-order valence-corrected chi connectivity index (χ1v) is 9.95. The number of thiophene rings is 1. The number of carbonyl (C=O) groups excluding carboxylic acids is 2. The molecule has 0 spiro atoms. The lowest BCUT2D eigenvalue weighted by atomic mass is 9.77. The van der Waals surface area contributed by atoms with E-state index in [2.05, 4.69) is 15.6 Å². The van der Waals surface area contributed by atoms with E-state index in [-0.39, 0.29) is 17.6 Å². The number of nitrogens with zero attached hydrogens (tertiary/aromatic N) is 1. The van der Waals surface area contributed by atoms with E-state index in [0.717, 1.165) is 40.4 Å². The molecule has 138 valence electrons. The van der Waals surface area contributed by atoms with Gasteiger partial charge in [0.2, 0.25) is 0 Å². The maximum atomic E-state index is 13.2. The van der Waals surface area contributed by atoms with Crippen LogP contribution in [0.1, 0.15) is 42.7 Å². The zero-order valence-corrected chi connectivity index (χ0v) is 16.2. The Morgan fingerprint density at radius 1 is 1.22 bits per heavy atom. The van der Waals surface area contributed by atoms with Gasteiger partial charge in [-0.05, 0) is 50.3 Å². The number of nitrogens with one attached hydrogen (secondary N) is 2. The summed E-state index contributed by atoms with van der Waals surface area (Å²) in [4.78, 5) is 31.3. The average Bonchev–Trinajstić information content (AvgIpc) is 3.15. The van der Waals surface area contributed by atoms with Crippen LogP contribution in [0.4, 0.5) is 5.82 Å². The monoisotopic (exact) mass is 379 g/mol. The highest BCUT2D eigenvalue weighted by atomic mass is 32.1. The molecule has 0 saturated carbocycles. The predicted molar refractivity (Wildman–Crippen MR) is 106 cm³/mol. The number of Topliss-reactive ketones (excluding diaryl/α,β-unsaturated/α-hetero) is 1. The van der Waals surface area contributed by atoms with E-state index >= 15 is 0 Å². The molecule has 0 aromatic carbocycles. The van der Waals surface area contributed by atoms with Gasteiger partial charge >= 0.3 is 0 Å². The summed E-state index contributed by atoms with van der Waals surface area (Å²) in [7, 11) is 0. The molecule has 3 heterocycles. The van der Waals surface area contributed by atoms with Crippen LogP contribution in [0.2, 0.25) is 0 Å². The summed E-state index contributed by atoms with van der Waals surface area (Å²) < 4.78 is 0. The van der Waals surface area contributed by atoms with Gasteiger partial charge in [0.1, 0.15) is 5.82 Å². The third-order valence-electron chi connectivity index (χ3n) is 4.98. The van der Waals surface area contributed by atoms with E-state index in [1.807, 2.05) is 43.5 Å². The maximum absolute atomic E-state index is 13.2. The molecule has 0 fully saturated rings. The number of amides is 1. The van der Waals surface area contributed by atoms with Gasteiger partial charge in [-0.15, -0.1) is 11.3 Å². The average molecular weight is 379 g/mol. The zero-order chi connectivity index (χ0) is 19.0. The Morgan fingerprint density at radius 3 is 2.81 bits per heavy atom. The highest BCUT2D eigenvalue weighted by Gasteiger charge is 2.38. The normalized spacial score (nSPS) is 19.6. The molecule has 0 bridgehead atoms. The Labute approximate surface area is 162 Å². The van der Waals surface area contributed by atoms with Crippen molar-refractivity contribution in [3.05, 3.63) is 68.8 Å². The summed E-state index contributed by atoms with van der Waals surface area (Å²) in [5.74, 6) is 0.105. The van der Waals surface area contributed by atoms with Crippen molar-refractivity contribution in [3.63, 3.8) is 0 Å². The summed E-state index contributed by atoms with van der Waals surface area (Å²) >= 11 is 1.58. The van der Waals surface area contributed by atoms with Gasteiger partial charge in [-0.1, -0.05) is 12.1 Å². The van der Waals surface area contributed by atoms with Crippen LogP contribution < -0.4 is 10.6 Å². The van der Waals surface area contributed by atoms with Gasteiger partial charge in [-0.25, -0.2) is 4.98 Å². The van der Waals surface area contributed by atoms with Crippen molar-refractivity contribution >= 4 is 28.8 Å². The molecule has 0 saturated heterocycles. The number of anilines is 1. The number of aromatic nitrogens is 1. The van der Waals surface area contributed by atoms with Crippen molar-refractivity contribution in [2.24, 2.45) is 0 Å². The van der Waals surface area contributed by atoms with Gasteiger partial charge in [0.05, 0.1) is 5.92 Å². The summed E-state index contributed by atoms with van der Waals surface area (Å²) in [6.07, 6.45) is 2.23. The number of pyridine rings is 1. The SMILES string of the molecule is CC1=C(C(=O)Nc2cccc(C)n2)C(c2cccs2)C2=C(CCCC2=O)N1. The fourth-order valence-electron chi connectivity index (χ4n) is 3.82. The van der Waals surface area contributed by atoms with Gasteiger partial charge in [0.15, 0.2) is 5.78 Å². The number of ketones is 1. The van der Waals surface area contributed by atoms with Crippen LogP contribution in [0.3, 0.4) is 0 Å². The topological polar surface area (TPSA) is 71.1 Å². The molecule has 1 aliphatic carbocycles. The van der Waals surface area contributed by atoms with E-state index < -0.39 is 0 Å². The molecule has 4 rings (SSSR count). The van der Waals surface area contributed by atoms with Crippen LogP contribution in [0, 0.1) is 6.92 Å². The van der Waals surface area contributed by atoms with Gasteiger partial charge < -0.3 is 10.6 Å². The maximum Gasteiger partial charge on any atom is 0.255 e. The van der Waals surface area contributed by atoms with Crippen LogP contribution in [-0.4, -0.2) is 16.7 Å². The first-order valence-electron chi connectivity index (χ1n) is 9.07. The van der Waals surface area contributed by atoms with Crippen molar-refractivity contribution in [2.45, 2.75) is 39.0 Å². The number of aryl methyl sites for hydroxylation is 1. The summed E-state index contributed by atoms with van der Waals surface area (Å²) in [5.41, 5.74) is 3.94.